The van der Waals surface area contributed by atoms with Crippen LogP contribution in [0.25, 0.3) is 0 Å². The van der Waals surface area contributed by atoms with Crippen LogP contribution in [0, 0.1) is 0 Å². The van der Waals surface area contributed by atoms with Crippen molar-refractivity contribution in [3.63, 3.8) is 0 Å². The van der Waals surface area contributed by atoms with Crippen molar-refractivity contribution in [2.24, 2.45) is 0 Å². The van der Waals surface area contributed by atoms with Crippen molar-refractivity contribution >= 4 is 44.5 Å². The van der Waals surface area contributed by atoms with Gasteiger partial charge >= 0.3 is 0 Å². The van der Waals surface area contributed by atoms with E-state index in [1.807, 2.05) is 0 Å². The smallest absolute Gasteiger partial charge is 0.252 e. The van der Waals surface area contributed by atoms with E-state index in [4.69, 9.17) is 0 Å². The molecule has 2 amide bonds. The van der Waals surface area contributed by atoms with E-state index >= 15 is 0 Å². The van der Waals surface area contributed by atoms with Gasteiger partial charge in [-0.15, -0.1) is 11.3 Å². The highest BCUT2D eigenvalue weighted by molar-refractivity contribution is 7.91. The quantitative estimate of drug-likeness (QED) is 0.748. The number of nitrogens with zero attached hydrogens (tertiary/aromatic N) is 1. The van der Waals surface area contributed by atoms with Gasteiger partial charge in [0.15, 0.2) is 0 Å². The van der Waals surface area contributed by atoms with Gasteiger partial charge in [-0.25, -0.2) is 8.42 Å². The van der Waals surface area contributed by atoms with Gasteiger partial charge < -0.3 is 10.6 Å². The lowest BCUT2D eigenvalue weighted by atomic mass is 10.0. The summed E-state index contributed by atoms with van der Waals surface area (Å²) in [7, 11) is -3.58. The largest absolute Gasteiger partial charge is 0.326 e. The fourth-order valence-corrected chi connectivity index (χ4v) is 6.14. The normalized spacial score (nSPS) is 17.8. The monoisotopic (exact) mass is 421 g/mol. The number of benzene rings is 1. The van der Waals surface area contributed by atoms with Crippen molar-refractivity contribution < 1.29 is 18.0 Å². The number of anilines is 2. The van der Waals surface area contributed by atoms with Crippen molar-refractivity contribution in [3.05, 3.63) is 41.8 Å². The summed E-state index contributed by atoms with van der Waals surface area (Å²) in [4.78, 5) is 23.7. The van der Waals surface area contributed by atoms with E-state index in [1.54, 1.807) is 41.8 Å². The summed E-state index contributed by atoms with van der Waals surface area (Å²) in [6.45, 7) is 1.84. The second kappa shape index (κ2) is 8.85. The van der Waals surface area contributed by atoms with Crippen molar-refractivity contribution in [1.29, 1.82) is 0 Å². The fourth-order valence-electron chi connectivity index (χ4n) is 3.32. The van der Waals surface area contributed by atoms with E-state index < -0.39 is 10.0 Å². The molecule has 1 saturated heterocycles. The molecule has 3 rings (SSSR count). The molecule has 2 N–H and O–H groups in total. The predicted octanol–water partition coefficient (Wildman–Crippen LogP) is 3.28. The first kappa shape index (κ1) is 20.5. The number of piperidine rings is 1. The van der Waals surface area contributed by atoms with E-state index in [9.17, 15) is 18.0 Å². The molecule has 0 radical (unpaired) electrons. The Kier molecular flexibility index (Phi) is 6.48. The summed E-state index contributed by atoms with van der Waals surface area (Å²) < 4.78 is 27.6. The van der Waals surface area contributed by atoms with Crippen LogP contribution in [0.15, 0.2) is 46.0 Å². The SMILES string of the molecule is CC(=O)Nc1cccc(NC(=O)CC2CCCCN2S(=O)(=O)c2cccs2)c1. The second-order valence-corrected chi connectivity index (χ2v) is 9.78. The molecule has 2 aromatic rings. The molecular formula is C19H23N3O4S2. The van der Waals surface area contributed by atoms with Crippen LogP contribution in [0.5, 0.6) is 0 Å². The van der Waals surface area contributed by atoms with E-state index in [0.717, 1.165) is 12.8 Å². The van der Waals surface area contributed by atoms with Crippen LogP contribution in [0.1, 0.15) is 32.6 Å². The summed E-state index contributed by atoms with van der Waals surface area (Å²) in [6, 6.07) is 9.80. The lowest BCUT2D eigenvalue weighted by Gasteiger charge is -2.34. The summed E-state index contributed by atoms with van der Waals surface area (Å²) in [5.41, 5.74) is 1.14. The molecule has 0 spiro atoms. The molecule has 1 aromatic carbocycles. The van der Waals surface area contributed by atoms with E-state index in [0.29, 0.717) is 28.5 Å². The number of thiophene rings is 1. The molecule has 1 fully saturated rings. The molecule has 1 aliphatic heterocycles. The van der Waals surface area contributed by atoms with Gasteiger partial charge in [-0.2, -0.15) is 4.31 Å². The summed E-state index contributed by atoms with van der Waals surface area (Å²) in [5, 5.41) is 7.20. The Morgan fingerprint density at radius 1 is 1.14 bits per heavy atom. The highest BCUT2D eigenvalue weighted by atomic mass is 32.2. The number of rotatable bonds is 6. The average Bonchev–Trinajstić information content (AvgIpc) is 3.17. The number of hydrogen-bond acceptors (Lipinski definition) is 5. The Balaban J connectivity index is 1.69. The minimum absolute atomic E-state index is 0.0922. The zero-order valence-corrected chi connectivity index (χ0v) is 17.2. The van der Waals surface area contributed by atoms with Crippen LogP contribution in [0.3, 0.4) is 0 Å². The zero-order chi connectivity index (χ0) is 20.1. The van der Waals surface area contributed by atoms with Gasteiger partial charge in [-0.1, -0.05) is 18.6 Å². The minimum atomic E-state index is -3.58. The van der Waals surface area contributed by atoms with Crippen molar-refractivity contribution in [2.45, 2.75) is 42.9 Å². The lowest BCUT2D eigenvalue weighted by Crippen LogP contribution is -2.45. The van der Waals surface area contributed by atoms with Crippen LogP contribution >= 0.6 is 11.3 Å². The molecule has 0 aliphatic carbocycles. The fraction of sp³-hybridized carbons (Fsp3) is 0.368. The molecule has 0 saturated carbocycles. The van der Waals surface area contributed by atoms with Crippen LogP contribution in [0.2, 0.25) is 0 Å². The molecule has 1 aliphatic rings. The van der Waals surface area contributed by atoms with Crippen LogP contribution in [0.4, 0.5) is 11.4 Å². The number of hydrogen-bond donors (Lipinski definition) is 2. The topological polar surface area (TPSA) is 95.6 Å². The maximum atomic E-state index is 12.9. The van der Waals surface area contributed by atoms with Crippen LogP contribution in [-0.2, 0) is 19.6 Å². The summed E-state index contributed by atoms with van der Waals surface area (Å²) >= 11 is 1.19. The Morgan fingerprint density at radius 2 is 1.89 bits per heavy atom. The first-order chi connectivity index (χ1) is 13.4. The highest BCUT2D eigenvalue weighted by Crippen LogP contribution is 2.29. The molecule has 1 atom stereocenters. The van der Waals surface area contributed by atoms with Gasteiger partial charge in [0.25, 0.3) is 10.0 Å². The molecule has 1 unspecified atom stereocenters. The van der Waals surface area contributed by atoms with Gasteiger partial charge in [-0.05, 0) is 42.5 Å². The first-order valence-electron chi connectivity index (χ1n) is 9.09. The third-order valence-electron chi connectivity index (χ3n) is 4.52. The van der Waals surface area contributed by atoms with E-state index in [-0.39, 0.29) is 24.3 Å². The average molecular weight is 422 g/mol. The van der Waals surface area contributed by atoms with Gasteiger partial charge in [-0.3, -0.25) is 9.59 Å². The van der Waals surface area contributed by atoms with Gasteiger partial charge in [0.05, 0.1) is 0 Å². The third kappa shape index (κ3) is 4.98. The first-order valence-corrected chi connectivity index (χ1v) is 11.4. The van der Waals surface area contributed by atoms with Gasteiger partial charge in [0.2, 0.25) is 11.8 Å². The Labute approximate surface area is 168 Å². The highest BCUT2D eigenvalue weighted by Gasteiger charge is 2.35. The minimum Gasteiger partial charge on any atom is -0.326 e. The summed E-state index contributed by atoms with van der Waals surface area (Å²) in [5.74, 6) is -0.446. The maximum absolute atomic E-state index is 12.9. The molecule has 150 valence electrons. The van der Waals surface area contributed by atoms with Crippen molar-refractivity contribution in [1.82, 2.24) is 4.31 Å². The molecule has 7 nitrogen and oxygen atoms in total. The lowest BCUT2D eigenvalue weighted by molar-refractivity contribution is -0.117. The Morgan fingerprint density at radius 3 is 2.57 bits per heavy atom. The number of carbonyl (C=O) groups is 2. The van der Waals surface area contributed by atoms with Crippen LogP contribution < -0.4 is 10.6 Å². The van der Waals surface area contributed by atoms with E-state index in [2.05, 4.69) is 10.6 Å². The zero-order valence-electron chi connectivity index (χ0n) is 15.6. The standard InChI is InChI=1S/C19H23N3O4S2/c1-14(23)20-15-6-4-7-16(12-15)21-18(24)13-17-8-2-3-10-22(17)28(25,26)19-9-5-11-27-19/h4-7,9,11-12,17H,2-3,8,10,13H2,1H3,(H,20,23)(H,21,24). The molecule has 9 heteroatoms. The van der Waals surface area contributed by atoms with Crippen LogP contribution in [-0.4, -0.2) is 37.1 Å². The van der Waals surface area contributed by atoms with Gasteiger partial charge in [0, 0.05) is 37.3 Å². The molecule has 0 bridgehead atoms. The number of carbonyl (C=O) groups excluding carboxylic acids is 2. The summed E-state index contributed by atoms with van der Waals surface area (Å²) in [6.07, 6.45) is 2.44. The molecule has 1 aromatic heterocycles. The molecule has 28 heavy (non-hydrogen) atoms. The number of amides is 2. The third-order valence-corrected chi connectivity index (χ3v) is 7.84. The van der Waals surface area contributed by atoms with Gasteiger partial charge in [0.1, 0.15) is 4.21 Å². The Hall–Kier alpha value is -2.23. The predicted molar refractivity (Wildman–Crippen MR) is 110 cm³/mol. The molecular weight excluding hydrogens is 398 g/mol. The molecule has 2 heterocycles. The second-order valence-electron chi connectivity index (χ2n) is 6.71. The van der Waals surface area contributed by atoms with E-state index in [1.165, 1.54) is 22.6 Å². The van der Waals surface area contributed by atoms with Crippen molar-refractivity contribution in [3.8, 4) is 0 Å². The van der Waals surface area contributed by atoms with Crippen molar-refractivity contribution in [2.75, 3.05) is 17.2 Å². The number of nitrogens with one attached hydrogen (secondary N) is 2. The number of sulfonamides is 1. The maximum Gasteiger partial charge on any atom is 0.252 e. The Bertz CT molecular complexity index is 942.